The van der Waals surface area contributed by atoms with Gasteiger partial charge in [-0.2, -0.15) is 0 Å². The van der Waals surface area contributed by atoms with Crippen molar-refractivity contribution in [2.45, 2.75) is 0 Å². The van der Waals surface area contributed by atoms with E-state index < -0.39 is 0 Å². The smallest absolute Gasteiger partial charge is 0.136 e. The summed E-state index contributed by atoms with van der Waals surface area (Å²) < 4.78 is 0. The van der Waals surface area contributed by atoms with Gasteiger partial charge in [-0.3, -0.25) is 0 Å². The second-order valence-corrected chi connectivity index (χ2v) is 1.58. The van der Waals surface area contributed by atoms with E-state index in [4.69, 9.17) is 5.21 Å². The summed E-state index contributed by atoms with van der Waals surface area (Å²) in [4.78, 5) is 5.45. The van der Waals surface area contributed by atoms with Crippen molar-refractivity contribution in [2.24, 2.45) is 10.1 Å². The first kappa shape index (κ1) is 5.81. The maximum atomic E-state index is 8.06. The van der Waals surface area contributed by atoms with E-state index in [1.165, 1.54) is 6.34 Å². The second kappa shape index (κ2) is 2.86. The third-order valence-corrected chi connectivity index (χ3v) is 0.923. The molecule has 4 heteroatoms. The van der Waals surface area contributed by atoms with Crippen molar-refractivity contribution in [2.75, 3.05) is 6.54 Å². The molecule has 1 heterocycles. The molecule has 0 saturated carbocycles. The Balaban J connectivity index is 2.46. The molecule has 0 aromatic rings. The van der Waals surface area contributed by atoms with Gasteiger partial charge in [-0.15, -0.1) is 0 Å². The maximum Gasteiger partial charge on any atom is 0.136 e. The van der Waals surface area contributed by atoms with Crippen LogP contribution in [0.2, 0.25) is 0 Å². The summed E-state index contributed by atoms with van der Waals surface area (Å²) in [6.07, 6.45) is 6.44. The van der Waals surface area contributed by atoms with Crippen LogP contribution in [0.15, 0.2) is 22.4 Å². The Hall–Kier alpha value is -1.32. The number of hydrogen-bond donors (Lipinski definition) is 1. The zero-order valence-electron chi connectivity index (χ0n) is 4.81. The Kier molecular flexibility index (Phi) is 1.85. The van der Waals surface area contributed by atoms with Crippen LogP contribution in [0.3, 0.4) is 0 Å². The molecule has 9 heavy (non-hydrogen) atoms. The quantitative estimate of drug-likeness (QED) is 0.236. The molecule has 0 radical (unpaired) electrons. The Bertz CT molecular complexity index is 162. The van der Waals surface area contributed by atoms with Crippen molar-refractivity contribution in [3.8, 4) is 0 Å². The van der Waals surface area contributed by atoms with Crippen LogP contribution in [-0.4, -0.2) is 29.3 Å². The van der Waals surface area contributed by atoms with Gasteiger partial charge in [0.1, 0.15) is 6.34 Å². The van der Waals surface area contributed by atoms with Gasteiger partial charge in [0.05, 0.1) is 6.34 Å². The minimum Gasteiger partial charge on any atom is -0.410 e. The number of nitrogens with zero attached hydrogens (tertiary/aromatic N) is 3. The van der Waals surface area contributed by atoms with Crippen molar-refractivity contribution in [1.29, 1.82) is 0 Å². The third kappa shape index (κ3) is 1.56. The summed E-state index contributed by atoms with van der Waals surface area (Å²) in [6.45, 7) is 0.716. The van der Waals surface area contributed by atoms with Gasteiger partial charge in [-0.05, 0) is 6.08 Å². The van der Waals surface area contributed by atoms with E-state index in [0.717, 1.165) is 0 Å². The van der Waals surface area contributed by atoms with Gasteiger partial charge in [-0.25, -0.2) is 4.99 Å². The molecule has 0 aliphatic carbocycles. The lowest BCUT2D eigenvalue weighted by Crippen LogP contribution is -2.21. The number of oxime groups is 1. The topological polar surface area (TPSA) is 48.2 Å². The molecule has 0 atom stereocenters. The number of rotatable bonds is 1. The summed E-state index contributed by atoms with van der Waals surface area (Å²) in [6, 6.07) is 0. The first-order valence-electron chi connectivity index (χ1n) is 2.55. The molecule has 1 rings (SSSR count). The molecule has 1 aliphatic rings. The fourth-order valence-corrected chi connectivity index (χ4v) is 0.544. The van der Waals surface area contributed by atoms with E-state index in [1.807, 2.05) is 6.08 Å². The van der Waals surface area contributed by atoms with Gasteiger partial charge in [0.25, 0.3) is 0 Å². The first-order chi connectivity index (χ1) is 4.43. The molecule has 0 aromatic heterocycles. The monoisotopic (exact) mass is 125 g/mol. The predicted molar refractivity (Wildman–Crippen MR) is 34.6 cm³/mol. The van der Waals surface area contributed by atoms with Crippen LogP contribution < -0.4 is 0 Å². The Morgan fingerprint density at radius 1 is 1.78 bits per heavy atom. The van der Waals surface area contributed by atoms with Gasteiger partial charge >= 0.3 is 0 Å². The number of aliphatic imine (C=N–C) groups is 1. The van der Waals surface area contributed by atoms with E-state index in [-0.39, 0.29) is 0 Å². The van der Waals surface area contributed by atoms with Gasteiger partial charge in [0.15, 0.2) is 0 Å². The Morgan fingerprint density at radius 3 is 3.22 bits per heavy atom. The molecule has 1 N–H and O–H groups in total. The molecule has 0 saturated heterocycles. The van der Waals surface area contributed by atoms with Crippen LogP contribution in [0.1, 0.15) is 0 Å². The highest BCUT2D eigenvalue weighted by atomic mass is 16.4. The molecule has 0 spiro atoms. The minimum atomic E-state index is 0.716. The Labute approximate surface area is 52.8 Å². The van der Waals surface area contributed by atoms with E-state index in [9.17, 15) is 0 Å². The fourth-order valence-electron chi connectivity index (χ4n) is 0.544. The highest BCUT2D eigenvalue weighted by molar-refractivity contribution is 5.76. The van der Waals surface area contributed by atoms with Crippen LogP contribution in [0.25, 0.3) is 0 Å². The summed E-state index contributed by atoms with van der Waals surface area (Å²) >= 11 is 0. The van der Waals surface area contributed by atoms with Crippen LogP contribution >= 0.6 is 0 Å². The lowest BCUT2D eigenvalue weighted by Gasteiger charge is -2.10. The minimum absolute atomic E-state index is 0.716. The van der Waals surface area contributed by atoms with E-state index in [1.54, 1.807) is 17.4 Å². The third-order valence-electron chi connectivity index (χ3n) is 0.923. The molecular formula is C5H7N3O. The van der Waals surface area contributed by atoms with Crippen LogP contribution in [-0.2, 0) is 0 Å². The molecule has 0 amide bonds. The van der Waals surface area contributed by atoms with Gasteiger partial charge in [0.2, 0.25) is 0 Å². The van der Waals surface area contributed by atoms with Crippen LogP contribution in [0, 0.1) is 0 Å². The fraction of sp³-hybridized carbons (Fsp3) is 0.200. The van der Waals surface area contributed by atoms with E-state index >= 15 is 0 Å². The zero-order valence-corrected chi connectivity index (χ0v) is 4.81. The van der Waals surface area contributed by atoms with Gasteiger partial charge < -0.3 is 10.1 Å². The van der Waals surface area contributed by atoms with Crippen LogP contribution in [0.5, 0.6) is 0 Å². The average Bonchev–Trinajstić information content (AvgIpc) is 1.91. The highest BCUT2D eigenvalue weighted by Crippen LogP contribution is 1.88. The van der Waals surface area contributed by atoms with Crippen molar-refractivity contribution in [1.82, 2.24) is 4.90 Å². The summed E-state index contributed by atoms with van der Waals surface area (Å²) in [5.41, 5.74) is 0. The summed E-state index contributed by atoms with van der Waals surface area (Å²) in [5, 5.41) is 10.9. The van der Waals surface area contributed by atoms with Crippen molar-refractivity contribution in [3.63, 3.8) is 0 Å². The average molecular weight is 125 g/mol. The number of hydrogen-bond acceptors (Lipinski definition) is 3. The van der Waals surface area contributed by atoms with Crippen molar-refractivity contribution < 1.29 is 5.21 Å². The van der Waals surface area contributed by atoms with E-state index in [0.29, 0.717) is 6.54 Å². The lowest BCUT2D eigenvalue weighted by molar-refractivity contribution is 0.316. The largest absolute Gasteiger partial charge is 0.410 e. The normalized spacial score (nSPS) is 17.6. The predicted octanol–water partition coefficient (Wildman–Crippen LogP) is 0.262. The standard InChI is InChI=1S/C5H7N3O/c9-7-5-8-3-1-2-6-4-8/h1-2,4-5,9H,3H2. The van der Waals surface area contributed by atoms with Gasteiger partial charge in [-0.1, -0.05) is 5.16 Å². The summed E-state index contributed by atoms with van der Waals surface area (Å²) in [5.74, 6) is 0. The maximum absolute atomic E-state index is 8.06. The summed E-state index contributed by atoms with van der Waals surface area (Å²) in [7, 11) is 0. The van der Waals surface area contributed by atoms with Crippen molar-refractivity contribution >= 4 is 12.7 Å². The Morgan fingerprint density at radius 2 is 2.67 bits per heavy atom. The molecular weight excluding hydrogens is 118 g/mol. The molecule has 0 unspecified atom stereocenters. The SMILES string of the molecule is ON=CN1C=NC=CC1. The van der Waals surface area contributed by atoms with E-state index in [2.05, 4.69) is 10.1 Å². The molecule has 0 bridgehead atoms. The molecule has 0 fully saturated rings. The highest BCUT2D eigenvalue weighted by Gasteiger charge is 1.93. The zero-order chi connectivity index (χ0) is 6.53. The van der Waals surface area contributed by atoms with Gasteiger partial charge in [0, 0.05) is 12.7 Å². The first-order valence-corrected chi connectivity index (χ1v) is 2.55. The molecule has 48 valence electrons. The van der Waals surface area contributed by atoms with Crippen molar-refractivity contribution in [3.05, 3.63) is 12.3 Å². The molecule has 1 aliphatic heterocycles. The molecule has 4 nitrogen and oxygen atoms in total. The second-order valence-electron chi connectivity index (χ2n) is 1.58. The molecule has 0 aromatic carbocycles. The van der Waals surface area contributed by atoms with Crippen LogP contribution in [0.4, 0.5) is 0 Å². The lowest BCUT2D eigenvalue weighted by atomic mass is 10.5.